The summed E-state index contributed by atoms with van der Waals surface area (Å²) in [5.41, 5.74) is 14.2. The highest BCUT2D eigenvalue weighted by molar-refractivity contribution is 7.19. The van der Waals surface area contributed by atoms with Crippen LogP contribution in [0.25, 0.3) is 66.4 Å². The first-order chi connectivity index (χ1) is 34.2. The third-order valence-corrected chi connectivity index (χ3v) is 18.4. The van der Waals surface area contributed by atoms with Crippen LogP contribution in [0.1, 0.15) is 0 Å². The first-order valence-corrected chi connectivity index (χ1v) is 25.7. The summed E-state index contributed by atoms with van der Waals surface area (Å²) >= 11 is 0. The molecule has 0 aliphatic carbocycles. The Hall–Kier alpha value is -8.76. The summed E-state index contributed by atoms with van der Waals surface area (Å²) in [6, 6.07) is 104. The molecular weight excluding hydrogens is 851 g/mol. The van der Waals surface area contributed by atoms with Crippen molar-refractivity contribution in [1.29, 1.82) is 0 Å². The van der Waals surface area contributed by atoms with Gasteiger partial charge < -0.3 is 9.32 Å². The smallest absolute Gasteiger partial charge is 0.179 e. The molecule has 0 spiro atoms. The fourth-order valence-electron chi connectivity index (χ4n) is 10.3. The van der Waals surface area contributed by atoms with Crippen LogP contribution in [0.4, 0.5) is 17.1 Å². The van der Waals surface area contributed by atoms with E-state index in [0.717, 1.165) is 50.1 Å². The summed E-state index contributed by atoms with van der Waals surface area (Å²) in [5, 5.41) is 7.64. The van der Waals surface area contributed by atoms with Crippen LogP contribution in [0, 0.1) is 0 Å². The maximum absolute atomic E-state index is 6.70. The molecule has 69 heavy (non-hydrogen) atoms. The Kier molecular flexibility index (Phi) is 11.0. The minimum atomic E-state index is -2.64. The predicted octanol–water partition coefficient (Wildman–Crippen LogP) is 15.1. The Morgan fingerprint density at radius 1 is 0.261 bits per heavy atom. The second-order valence-corrected chi connectivity index (χ2v) is 21.4. The molecule has 0 saturated carbocycles. The van der Waals surface area contributed by atoms with E-state index in [2.05, 4.69) is 284 Å². The Labute approximate surface area is 404 Å². The SMILES string of the molecule is c1ccc(-c2cc(-c3ccccc3)cc(-c3ccc(N(c4ccc(-c5ccc([Si](c6ccccc6)(c6ccccc6)c6ccccc6)cc5)cc4)c4cccc5c4oc4ccccc45)cc3)c2)cc1. The van der Waals surface area contributed by atoms with Crippen LogP contribution in [0.5, 0.6) is 0 Å². The van der Waals surface area contributed by atoms with E-state index in [1.807, 2.05) is 6.07 Å². The lowest BCUT2D eigenvalue weighted by Gasteiger charge is -2.34. The van der Waals surface area contributed by atoms with Crippen molar-refractivity contribution in [3.05, 3.63) is 285 Å². The molecule has 0 aliphatic heterocycles. The highest BCUT2D eigenvalue weighted by Crippen LogP contribution is 2.43. The van der Waals surface area contributed by atoms with Gasteiger partial charge in [-0.15, -0.1) is 0 Å². The Morgan fingerprint density at radius 2 is 0.609 bits per heavy atom. The summed E-state index contributed by atoms with van der Waals surface area (Å²) in [6.07, 6.45) is 0. The molecule has 11 aromatic carbocycles. The zero-order valence-corrected chi connectivity index (χ0v) is 39.0. The number of nitrogens with zero attached hydrogens (tertiary/aromatic N) is 1. The Morgan fingerprint density at radius 3 is 1.07 bits per heavy atom. The first-order valence-electron chi connectivity index (χ1n) is 23.7. The molecule has 1 heterocycles. The zero-order chi connectivity index (χ0) is 46.0. The van der Waals surface area contributed by atoms with E-state index in [0.29, 0.717) is 0 Å². The number of rotatable bonds is 11. The Bertz CT molecular complexity index is 3510. The fraction of sp³-hybridized carbons (Fsp3) is 0. The number of anilines is 3. The van der Waals surface area contributed by atoms with Gasteiger partial charge in [0.15, 0.2) is 13.7 Å². The van der Waals surface area contributed by atoms with Crippen LogP contribution in [-0.4, -0.2) is 8.07 Å². The maximum Gasteiger partial charge on any atom is 0.179 e. The third kappa shape index (κ3) is 7.75. The monoisotopic (exact) mass is 897 g/mol. The predicted molar refractivity (Wildman–Crippen MR) is 294 cm³/mol. The third-order valence-electron chi connectivity index (χ3n) is 13.6. The lowest BCUT2D eigenvalue weighted by molar-refractivity contribution is 0.669. The minimum Gasteiger partial charge on any atom is -0.454 e. The van der Waals surface area contributed by atoms with Gasteiger partial charge in [-0.3, -0.25) is 0 Å². The minimum absolute atomic E-state index is 0.855. The molecule has 12 rings (SSSR count). The van der Waals surface area contributed by atoms with Crippen LogP contribution >= 0.6 is 0 Å². The van der Waals surface area contributed by atoms with Crippen LogP contribution < -0.4 is 25.6 Å². The van der Waals surface area contributed by atoms with E-state index in [1.54, 1.807) is 0 Å². The van der Waals surface area contributed by atoms with Crippen molar-refractivity contribution < 1.29 is 4.42 Å². The van der Waals surface area contributed by atoms with E-state index in [9.17, 15) is 0 Å². The highest BCUT2D eigenvalue weighted by atomic mass is 28.3. The number of hydrogen-bond acceptors (Lipinski definition) is 2. The van der Waals surface area contributed by atoms with Gasteiger partial charge in [0.25, 0.3) is 0 Å². The average Bonchev–Trinajstić information content (AvgIpc) is 3.83. The van der Waals surface area contributed by atoms with E-state index in [-0.39, 0.29) is 0 Å². The maximum atomic E-state index is 6.70. The van der Waals surface area contributed by atoms with Crippen LogP contribution in [0.2, 0.25) is 0 Å². The van der Waals surface area contributed by atoms with Crippen molar-refractivity contribution in [2.45, 2.75) is 0 Å². The van der Waals surface area contributed by atoms with E-state index in [1.165, 1.54) is 54.1 Å². The average molecular weight is 898 g/mol. The van der Waals surface area contributed by atoms with Gasteiger partial charge in [-0.1, -0.05) is 231 Å². The molecular formula is C66H47NOSi. The van der Waals surface area contributed by atoms with Crippen LogP contribution in [0.15, 0.2) is 290 Å². The van der Waals surface area contributed by atoms with Crippen molar-refractivity contribution in [3.63, 3.8) is 0 Å². The summed E-state index contributed by atoms with van der Waals surface area (Å²) in [4.78, 5) is 2.33. The van der Waals surface area contributed by atoms with Gasteiger partial charge in [-0.05, 0) is 120 Å². The summed E-state index contributed by atoms with van der Waals surface area (Å²) in [7, 11) is -2.64. The fourth-order valence-corrected chi connectivity index (χ4v) is 15.1. The molecule has 326 valence electrons. The lowest BCUT2D eigenvalue weighted by atomic mass is 9.93. The first kappa shape index (κ1) is 41.7. The topological polar surface area (TPSA) is 16.4 Å². The molecule has 0 N–H and O–H groups in total. The van der Waals surface area contributed by atoms with Gasteiger partial charge >= 0.3 is 0 Å². The second kappa shape index (κ2) is 18.1. The summed E-state index contributed by atoms with van der Waals surface area (Å²) in [5.74, 6) is 0. The van der Waals surface area contributed by atoms with E-state index in [4.69, 9.17) is 4.42 Å². The number of furan rings is 1. The quantitative estimate of drug-likeness (QED) is 0.0950. The lowest BCUT2D eigenvalue weighted by Crippen LogP contribution is -2.74. The van der Waals surface area contributed by atoms with Gasteiger partial charge in [-0.25, -0.2) is 0 Å². The largest absolute Gasteiger partial charge is 0.454 e. The molecule has 0 unspecified atom stereocenters. The van der Waals surface area contributed by atoms with Gasteiger partial charge in [0.2, 0.25) is 0 Å². The molecule has 0 bridgehead atoms. The molecule has 12 aromatic rings. The molecule has 0 atom stereocenters. The van der Waals surface area contributed by atoms with Crippen molar-refractivity contribution >= 4 is 67.8 Å². The highest BCUT2D eigenvalue weighted by Gasteiger charge is 2.41. The number of para-hydroxylation sites is 2. The number of fused-ring (bicyclic) bond motifs is 3. The second-order valence-electron chi connectivity index (χ2n) is 17.6. The molecule has 0 radical (unpaired) electrons. The molecule has 2 nitrogen and oxygen atoms in total. The van der Waals surface area contributed by atoms with Crippen molar-refractivity contribution in [1.82, 2.24) is 0 Å². The zero-order valence-electron chi connectivity index (χ0n) is 38.0. The van der Waals surface area contributed by atoms with Crippen LogP contribution in [-0.2, 0) is 0 Å². The van der Waals surface area contributed by atoms with Crippen molar-refractivity contribution in [2.24, 2.45) is 0 Å². The normalized spacial score (nSPS) is 11.5. The molecule has 0 aliphatic rings. The van der Waals surface area contributed by atoms with Gasteiger partial charge in [0.05, 0.1) is 5.69 Å². The molecule has 0 saturated heterocycles. The van der Waals surface area contributed by atoms with Crippen molar-refractivity contribution in [2.75, 3.05) is 4.90 Å². The van der Waals surface area contributed by atoms with Gasteiger partial charge in [0.1, 0.15) is 5.58 Å². The summed E-state index contributed by atoms with van der Waals surface area (Å²) < 4.78 is 6.70. The van der Waals surface area contributed by atoms with E-state index >= 15 is 0 Å². The van der Waals surface area contributed by atoms with Gasteiger partial charge in [0, 0.05) is 22.1 Å². The number of benzene rings is 11. The van der Waals surface area contributed by atoms with Crippen molar-refractivity contribution in [3.8, 4) is 44.5 Å². The Balaban J connectivity index is 0.942. The number of hydrogen-bond donors (Lipinski definition) is 0. The summed E-state index contributed by atoms with van der Waals surface area (Å²) in [6.45, 7) is 0. The van der Waals surface area contributed by atoms with Crippen LogP contribution in [0.3, 0.4) is 0 Å². The standard InChI is InChI=1S/C66H47NOSi/c1-6-19-48(20-7-1)53-45-54(49-21-8-2-9-22-49)47-55(46-53)52-35-41-57(42-36-52)67(64-31-18-30-63-62-29-16-17-32-65(62)68-66(63)64)56-39-33-50(34-40-56)51-37-43-61(44-38-51)69(58-23-10-3-11-24-58,59-25-12-4-13-26-59)60-27-14-5-15-28-60/h1-47H. The molecule has 1 aromatic heterocycles. The molecule has 0 amide bonds. The molecule has 0 fully saturated rings. The van der Waals surface area contributed by atoms with Gasteiger partial charge in [-0.2, -0.15) is 0 Å². The molecule has 3 heteroatoms. The van der Waals surface area contributed by atoms with E-state index < -0.39 is 8.07 Å².